The van der Waals surface area contributed by atoms with Gasteiger partial charge in [0.05, 0.1) is 15.2 Å². The SMILES string of the molecule is CC1=Cc2cc(C(C)(C)C)cc(-c3ccccc3)c2C1.CCc1c(C(C)(C)C)cc2c(c1-c1ccccc1)C=C(C)C2[Si](C)(C)Cl.COc1c(C(C)(C)C)cc2c(c1-c1ccccc1)C=C(C)C2[Si](C)(C)C1C(C)=Cc2c(-c3ccccc3)cc(C(C)(C)C)cc21. The fraction of sp³-hybridized carbons (Fsp3) is 0.356. The van der Waals surface area contributed by atoms with E-state index < -0.39 is 15.5 Å². The van der Waals surface area contributed by atoms with Crippen LogP contribution in [0.3, 0.4) is 0 Å². The maximum Gasteiger partial charge on any atom is 0.161 e. The molecule has 4 aliphatic rings. The minimum Gasteiger partial charge on any atom is -0.496 e. The van der Waals surface area contributed by atoms with E-state index in [1.165, 1.54) is 139 Å². The molecule has 4 heteroatoms. The van der Waals surface area contributed by atoms with Gasteiger partial charge in [-0.15, -0.1) is 0 Å². The summed E-state index contributed by atoms with van der Waals surface area (Å²) < 4.78 is 6.28. The zero-order valence-corrected chi connectivity index (χ0v) is 62.0. The predicted molar refractivity (Wildman–Crippen MR) is 406 cm³/mol. The number of benzene rings is 8. The molecule has 1 nitrogen and oxygen atoms in total. The standard InChI is InChI=1S/C43H50OSi.C24H31ClSi.C20H22/c1-27-22-33-32(29-18-14-12-15-19-29)24-31(42(3,4)5)25-35(33)40(27)45(10,11)41-28(2)23-34-36(41)26-37(43(6,7)8)39(44-9)38(34)30-20-16-13-17-21-30;1-8-18-21(24(3,4)5)15-20-19(14-16(2)23(20)26(6,7)25)22(18)17-12-10-9-11-13-17;1-14-10-16-12-17(20(2,3)4)13-19(18(16)11-14)15-8-6-5-7-9-15/h12-26,40-41H,1-11H3;9-15,23H,8H2,1-7H3;5-10,12-13H,11H2,1-4H3. The molecular weight excluding hydrogens is 1150 g/mol. The minimum atomic E-state index is -2.08. The molecule has 12 rings (SSSR count). The smallest absolute Gasteiger partial charge is 0.161 e. The lowest BCUT2D eigenvalue weighted by atomic mass is 9.77. The monoisotopic (exact) mass is 1250 g/mol. The van der Waals surface area contributed by atoms with E-state index in [-0.39, 0.29) is 21.7 Å². The zero-order valence-electron chi connectivity index (χ0n) is 59.3. The Hall–Kier alpha value is -6.76. The van der Waals surface area contributed by atoms with E-state index in [2.05, 4.69) is 326 Å². The van der Waals surface area contributed by atoms with Gasteiger partial charge < -0.3 is 4.74 Å². The van der Waals surface area contributed by atoms with E-state index in [1.807, 2.05) is 7.11 Å². The second-order valence-corrected chi connectivity index (χ2v) is 43.5. The van der Waals surface area contributed by atoms with Gasteiger partial charge in [0.15, 0.2) is 7.38 Å². The molecule has 0 fully saturated rings. The summed E-state index contributed by atoms with van der Waals surface area (Å²) in [6.07, 6.45) is 11.9. The first kappa shape index (κ1) is 67.1. The number of hydrogen-bond donors (Lipinski definition) is 0. The molecule has 0 radical (unpaired) electrons. The van der Waals surface area contributed by atoms with E-state index in [0.717, 1.165) is 18.6 Å². The first-order chi connectivity index (χ1) is 42.6. The molecule has 4 aliphatic carbocycles. The summed E-state index contributed by atoms with van der Waals surface area (Å²) in [6, 6.07) is 58.3. The van der Waals surface area contributed by atoms with Crippen LogP contribution in [0.5, 0.6) is 5.75 Å². The average molecular weight is 1260 g/mol. The van der Waals surface area contributed by atoms with Crippen LogP contribution in [-0.4, -0.2) is 22.6 Å². The van der Waals surface area contributed by atoms with Gasteiger partial charge in [0.1, 0.15) is 5.75 Å². The molecule has 0 bridgehead atoms. The Labute approximate surface area is 556 Å². The molecule has 3 atom stereocenters. The zero-order chi connectivity index (χ0) is 66.1. The molecule has 0 saturated heterocycles. The third-order valence-electron chi connectivity index (χ3n) is 20.0. The van der Waals surface area contributed by atoms with Crippen molar-refractivity contribution in [3.05, 3.63) is 252 Å². The predicted octanol–water partition coefficient (Wildman–Crippen LogP) is 25.4. The fourth-order valence-corrected chi connectivity index (χ4v) is 23.8. The molecule has 0 aromatic heterocycles. The lowest BCUT2D eigenvalue weighted by molar-refractivity contribution is 0.399. The van der Waals surface area contributed by atoms with Gasteiger partial charge in [0, 0.05) is 27.8 Å². The molecule has 0 aliphatic heterocycles. The van der Waals surface area contributed by atoms with Crippen molar-refractivity contribution in [3.8, 4) is 50.3 Å². The lowest BCUT2D eigenvalue weighted by Gasteiger charge is -2.40. The summed E-state index contributed by atoms with van der Waals surface area (Å²) in [5.41, 5.74) is 36.7. The van der Waals surface area contributed by atoms with Gasteiger partial charge in [0.2, 0.25) is 0 Å². The quantitative estimate of drug-likeness (QED) is 0.103. The number of halogens is 1. The van der Waals surface area contributed by atoms with Crippen LogP contribution in [0, 0.1) is 0 Å². The van der Waals surface area contributed by atoms with E-state index in [1.54, 1.807) is 0 Å². The van der Waals surface area contributed by atoms with Crippen LogP contribution in [0.1, 0.15) is 207 Å². The molecule has 0 amide bonds. The first-order valence-corrected chi connectivity index (χ1v) is 40.8. The number of allylic oxidation sites excluding steroid dienone is 4. The maximum absolute atomic E-state index is 7.00. The van der Waals surface area contributed by atoms with Crippen molar-refractivity contribution in [3.63, 3.8) is 0 Å². The normalized spacial score (nSPS) is 16.9. The van der Waals surface area contributed by atoms with E-state index in [4.69, 9.17) is 15.8 Å². The Kier molecular flexibility index (Phi) is 18.7. The Morgan fingerprint density at radius 2 is 0.835 bits per heavy atom. The molecule has 0 N–H and O–H groups in total. The molecule has 0 saturated carbocycles. The van der Waals surface area contributed by atoms with Crippen LogP contribution in [0.4, 0.5) is 0 Å². The highest BCUT2D eigenvalue weighted by molar-refractivity contribution is 7.20. The van der Waals surface area contributed by atoms with E-state index >= 15 is 0 Å². The fourth-order valence-electron chi connectivity index (χ4n) is 15.9. The molecular formula is C87H103ClOSi2. The molecule has 0 spiro atoms. The molecule has 472 valence electrons. The van der Waals surface area contributed by atoms with E-state index in [0.29, 0.717) is 16.6 Å². The van der Waals surface area contributed by atoms with Gasteiger partial charge in [-0.25, -0.2) is 0 Å². The summed E-state index contributed by atoms with van der Waals surface area (Å²) in [4.78, 5) is 0. The Balaban J connectivity index is 0.000000166. The Bertz CT molecular complexity index is 4160. The number of ether oxygens (including phenoxy) is 1. The van der Waals surface area contributed by atoms with Crippen molar-refractivity contribution in [2.45, 2.75) is 195 Å². The van der Waals surface area contributed by atoms with Crippen molar-refractivity contribution in [2.75, 3.05) is 7.11 Å². The molecule has 8 aromatic carbocycles. The molecule has 8 aromatic rings. The van der Waals surface area contributed by atoms with Crippen LogP contribution in [0.15, 0.2) is 180 Å². The second kappa shape index (κ2) is 25.3. The number of hydrogen-bond acceptors (Lipinski definition) is 1. The van der Waals surface area contributed by atoms with Crippen molar-refractivity contribution in [2.24, 2.45) is 0 Å². The largest absolute Gasteiger partial charge is 0.496 e. The van der Waals surface area contributed by atoms with Gasteiger partial charge >= 0.3 is 0 Å². The lowest BCUT2D eigenvalue weighted by Crippen LogP contribution is -2.42. The Morgan fingerprint density at radius 3 is 1.30 bits per heavy atom. The van der Waals surface area contributed by atoms with Crippen LogP contribution >= 0.6 is 11.1 Å². The van der Waals surface area contributed by atoms with Gasteiger partial charge in [-0.1, -0.05) is 321 Å². The number of fused-ring (bicyclic) bond motifs is 4. The van der Waals surface area contributed by atoms with Crippen LogP contribution in [0.2, 0.25) is 26.2 Å². The Morgan fingerprint density at radius 1 is 0.440 bits per heavy atom. The third-order valence-corrected chi connectivity index (χ3v) is 27.3. The molecule has 3 unspecified atom stereocenters. The molecule has 91 heavy (non-hydrogen) atoms. The van der Waals surface area contributed by atoms with Crippen molar-refractivity contribution in [1.82, 2.24) is 0 Å². The number of methoxy groups -OCH3 is 1. The maximum atomic E-state index is 7.00. The van der Waals surface area contributed by atoms with E-state index in [9.17, 15) is 0 Å². The summed E-state index contributed by atoms with van der Waals surface area (Å²) in [5.74, 6) is 1.02. The van der Waals surface area contributed by atoms with Gasteiger partial charge in [-0.2, -0.15) is 11.1 Å². The summed E-state index contributed by atoms with van der Waals surface area (Å²) in [5, 5.41) is 0. The van der Waals surface area contributed by atoms with Crippen molar-refractivity contribution < 1.29 is 4.74 Å². The van der Waals surface area contributed by atoms with Crippen LogP contribution in [-0.2, 0) is 34.5 Å². The topological polar surface area (TPSA) is 9.23 Å². The van der Waals surface area contributed by atoms with Gasteiger partial charge in [0.25, 0.3) is 0 Å². The summed E-state index contributed by atoms with van der Waals surface area (Å²) in [6.45, 7) is 49.3. The van der Waals surface area contributed by atoms with Crippen LogP contribution in [0.25, 0.3) is 68.8 Å². The second-order valence-electron chi connectivity index (χ2n) is 32.1. The van der Waals surface area contributed by atoms with Crippen molar-refractivity contribution in [1.29, 1.82) is 0 Å². The minimum absolute atomic E-state index is 0.0569. The third kappa shape index (κ3) is 13.3. The van der Waals surface area contributed by atoms with Gasteiger partial charge in [-0.05, 0) is 168 Å². The summed E-state index contributed by atoms with van der Waals surface area (Å²) in [7, 11) is -2.11. The van der Waals surface area contributed by atoms with Crippen molar-refractivity contribution >= 4 is 50.8 Å². The first-order valence-electron chi connectivity index (χ1n) is 33.6. The van der Waals surface area contributed by atoms with Gasteiger partial charge in [-0.3, -0.25) is 0 Å². The molecule has 0 heterocycles. The number of rotatable bonds is 9. The van der Waals surface area contributed by atoms with Crippen LogP contribution < -0.4 is 4.74 Å². The highest BCUT2D eigenvalue weighted by Gasteiger charge is 2.49. The highest BCUT2D eigenvalue weighted by Crippen LogP contribution is 2.58. The average Bonchev–Trinajstić information content (AvgIpc) is 1.61. The summed E-state index contributed by atoms with van der Waals surface area (Å²) >= 11 is 7.00. The highest BCUT2D eigenvalue weighted by atomic mass is 35.6.